The van der Waals surface area contributed by atoms with Crippen molar-refractivity contribution in [2.24, 2.45) is 0 Å². The van der Waals surface area contributed by atoms with Crippen molar-refractivity contribution in [3.8, 4) is 5.75 Å². The van der Waals surface area contributed by atoms with Crippen LogP contribution in [0.3, 0.4) is 0 Å². The number of carbonyl (C=O) groups is 2. The zero-order valence-corrected chi connectivity index (χ0v) is 16.7. The summed E-state index contributed by atoms with van der Waals surface area (Å²) in [6.45, 7) is 1.41. The van der Waals surface area contributed by atoms with Crippen molar-refractivity contribution in [1.82, 2.24) is 5.32 Å². The first-order valence-corrected chi connectivity index (χ1v) is 10.5. The number of ether oxygens (including phenoxy) is 1. The molecule has 2 aliphatic rings. The van der Waals surface area contributed by atoms with Gasteiger partial charge in [-0.25, -0.2) is 0 Å². The fraction of sp³-hybridized carbons (Fsp3) is 0.417. The van der Waals surface area contributed by atoms with Crippen molar-refractivity contribution in [2.45, 2.75) is 43.9 Å². The van der Waals surface area contributed by atoms with Gasteiger partial charge in [-0.15, -0.1) is 0 Å². The van der Waals surface area contributed by atoms with Gasteiger partial charge in [-0.2, -0.15) is 0 Å². The van der Waals surface area contributed by atoms with Crippen molar-refractivity contribution in [3.05, 3.63) is 60.2 Å². The van der Waals surface area contributed by atoms with Gasteiger partial charge in [-0.05, 0) is 49.1 Å². The van der Waals surface area contributed by atoms with Crippen molar-refractivity contribution < 1.29 is 14.3 Å². The third-order valence-electron chi connectivity index (χ3n) is 6.16. The number of anilines is 1. The summed E-state index contributed by atoms with van der Waals surface area (Å²) in [5, 5.41) is 3.08. The lowest BCUT2D eigenvalue weighted by atomic mass is 9.79. The van der Waals surface area contributed by atoms with E-state index >= 15 is 0 Å². The Morgan fingerprint density at radius 3 is 2.38 bits per heavy atom. The van der Waals surface area contributed by atoms with E-state index in [4.69, 9.17) is 4.74 Å². The van der Waals surface area contributed by atoms with Crippen LogP contribution in [0.2, 0.25) is 0 Å². The Morgan fingerprint density at radius 1 is 1.00 bits per heavy atom. The van der Waals surface area contributed by atoms with Crippen molar-refractivity contribution in [3.63, 3.8) is 0 Å². The lowest BCUT2D eigenvalue weighted by Crippen LogP contribution is -2.40. The molecule has 1 heterocycles. The summed E-state index contributed by atoms with van der Waals surface area (Å²) >= 11 is 0. The fourth-order valence-corrected chi connectivity index (χ4v) is 4.52. The molecule has 4 rings (SSSR count). The lowest BCUT2D eigenvalue weighted by Gasteiger charge is -2.30. The summed E-state index contributed by atoms with van der Waals surface area (Å²) in [5.74, 6) is 0.692. The third kappa shape index (κ3) is 4.44. The zero-order valence-electron chi connectivity index (χ0n) is 16.7. The first kappa shape index (κ1) is 19.5. The molecule has 1 saturated carbocycles. The Bertz CT molecular complexity index is 842. The number of nitrogens with one attached hydrogen (secondary N) is 1. The maximum absolute atomic E-state index is 12.4. The molecule has 0 spiro atoms. The number of hydrogen-bond acceptors (Lipinski definition) is 3. The number of carbonyl (C=O) groups excluding carboxylic acids is 2. The normalized spacial score (nSPS) is 18.1. The summed E-state index contributed by atoms with van der Waals surface area (Å²) < 4.78 is 5.65. The topological polar surface area (TPSA) is 58.6 Å². The molecular weight excluding hydrogens is 364 g/mol. The molecule has 2 aromatic carbocycles. The average molecular weight is 392 g/mol. The summed E-state index contributed by atoms with van der Waals surface area (Å²) in [6, 6.07) is 17.9. The molecule has 1 N–H and O–H groups in total. The molecule has 1 aliphatic heterocycles. The van der Waals surface area contributed by atoms with Crippen LogP contribution >= 0.6 is 0 Å². The van der Waals surface area contributed by atoms with E-state index in [0.717, 1.165) is 31.5 Å². The first-order chi connectivity index (χ1) is 14.2. The van der Waals surface area contributed by atoms with Crippen LogP contribution in [0.5, 0.6) is 5.75 Å². The van der Waals surface area contributed by atoms with E-state index in [1.54, 1.807) is 4.90 Å². The lowest BCUT2D eigenvalue weighted by molar-refractivity contribution is -0.123. The molecule has 0 radical (unpaired) electrons. The number of benzene rings is 2. The van der Waals surface area contributed by atoms with E-state index in [-0.39, 0.29) is 23.8 Å². The van der Waals surface area contributed by atoms with Gasteiger partial charge < -0.3 is 15.0 Å². The van der Waals surface area contributed by atoms with E-state index in [9.17, 15) is 9.59 Å². The van der Waals surface area contributed by atoms with E-state index in [1.807, 2.05) is 30.3 Å². The molecule has 0 bridgehead atoms. The highest BCUT2D eigenvalue weighted by molar-refractivity contribution is 5.95. The Morgan fingerprint density at radius 2 is 1.72 bits per heavy atom. The summed E-state index contributed by atoms with van der Waals surface area (Å²) in [4.78, 5) is 26.0. The van der Waals surface area contributed by atoms with Crippen LogP contribution in [0, 0.1) is 0 Å². The van der Waals surface area contributed by atoms with Crippen molar-refractivity contribution >= 4 is 17.5 Å². The van der Waals surface area contributed by atoms with Gasteiger partial charge in [0.05, 0.1) is 0 Å². The predicted molar refractivity (Wildman–Crippen MR) is 113 cm³/mol. The molecule has 2 amide bonds. The number of hydrogen-bond donors (Lipinski definition) is 1. The van der Waals surface area contributed by atoms with Gasteiger partial charge in [0.15, 0.2) is 6.61 Å². The first-order valence-electron chi connectivity index (χ1n) is 10.5. The summed E-state index contributed by atoms with van der Waals surface area (Å²) in [5.41, 5.74) is 2.24. The number of nitrogens with zero attached hydrogens (tertiary/aromatic N) is 1. The molecule has 1 aliphatic carbocycles. The highest BCUT2D eigenvalue weighted by Crippen LogP contribution is 2.40. The minimum Gasteiger partial charge on any atom is -0.484 e. The van der Waals surface area contributed by atoms with Crippen molar-refractivity contribution in [1.29, 1.82) is 0 Å². The fourth-order valence-electron chi connectivity index (χ4n) is 4.52. The summed E-state index contributed by atoms with van der Waals surface area (Å²) in [7, 11) is 0. The quantitative estimate of drug-likeness (QED) is 0.779. The maximum Gasteiger partial charge on any atom is 0.257 e. The standard InChI is InChI=1S/C24H28N2O3/c27-22(25-18-24(14-4-5-15-24)19-7-2-1-3-8-19)17-29-21-12-10-20(11-13-21)26-16-6-9-23(26)28/h1-3,7-8,10-13H,4-6,9,14-18H2,(H,25,27). The minimum atomic E-state index is -0.106. The molecule has 0 atom stereocenters. The van der Waals surface area contributed by atoms with Crippen LogP contribution < -0.4 is 15.0 Å². The van der Waals surface area contributed by atoms with Crippen LogP contribution in [-0.4, -0.2) is 31.5 Å². The van der Waals surface area contributed by atoms with Gasteiger partial charge in [-0.3, -0.25) is 9.59 Å². The average Bonchev–Trinajstić information content (AvgIpc) is 3.42. The van der Waals surface area contributed by atoms with E-state index in [2.05, 4.69) is 29.6 Å². The van der Waals surface area contributed by atoms with Gasteiger partial charge in [0.25, 0.3) is 5.91 Å². The molecule has 5 nitrogen and oxygen atoms in total. The predicted octanol–water partition coefficient (Wildman–Crippen LogP) is 3.82. The molecule has 1 saturated heterocycles. The Balaban J connectivity index is 1.29. The van der Waals surface area contributed by atoms with E-state index in [1.165, 1.54) is 18.4 Å². The van der Waals surface area contributed by atoms with Crippen LogP contribution in [-0.2, 0) is 15.0 Å². The van der Waals surface area contributed by atoms with Crippen LogP contribution in [0.4, 0.5) is 5.69 Å². The van der Waals surface area contributed by atoms with Gasteiger partial charge in [0, 0.05) is 30.6 Å². The second-order valence-corrected chi connectivity index (χ2v) is 8.06. The second-order valence-electron chi connectivity index (χ2n) is 8.06. The van der Waals surface area contributed by atoms with E-state index in [0.29, 0.717) is 18.7 Å². The molecule has 2 aromatic rings. The van der Waals surface area contributed by atoms with Gasteiger partial charge in [0.2, 0.25) is 5.91 Å². The highest BCUT2D eigenvalue weighted by atomic mass is 16.5. The zero-order chi connectivity index (χ0) is 20.1. The van der Waals surface area contributed by atoms with Gasteiger partial charge >= 0.3 is 0 Å². The Kier molecular flexibility index (Phi) is 5.84. The SMILES string of the molecule is O=C(COc1ccc(N2CCCC2=O)cc1)NCC1(c2ccccc2)CCCC1. The van der Waals surface area contributed by atoms with Crippen LogP contribution in [0.25, 0.3) is 0 Å². The Labute approximate surface area is 172 Å². The minimum absolute atomic E-state index is 0.00708. The van der Waals surface area contributed by atoms with Crippen molar-refractivity contribution in [2.75, 3.05) is 24.6 Å². The Hall–Kier alpha value is -2.82. The highest BCUT2D eigenvalue weighted by Gasteiger charge is 2.35. The molecule has 29 heavy (non-hydrogen) atoms. The number of rotatable bonds is 7. The summed E-state index contributed by atoms with van der Waals surface area (Å²) in [6.07, 6.45) is 6.13. The molecule has 2 fully saturated rings. The van der Waals surface area contributed by atoms with Gasteiger partial charge in [0.1, 0.15) is 5.75 Å². The molecule has 152 valence electrons. The molecule has 0 aromatic heterocycles. The molecular formula is C24H28N2O3. The number of amides is 2. The van der Waals surface area contributed by atoms with Crippen LogP contribution in [0.1, 0.15) is 44.1 Å². The second kappa shape index (κ2) is 8.68. The largest absolute Gasteiger partial charge is 0.484 e. The van der Waals surface area contributed by atoms with Gasteiger partial charge in [-0.1, -0.05) is 43.2 Å². The van der Waals surface area contributed by atoms with E-state index < -0.39 is 0 Å². The smallest absolute Gasteiger partial charge is 0.257 e. The molecule has 5 heteroatoms. The maximum atomic E-state index is 12.4. The monoisotopic (exact) mass is 392 g/mol. The van der Waals surface area contributed by atoms with Crippen LogP contribution in [0.15, 0.2) is 54.6 Å². The third-order valence-corrected chi connectivity index (χ3v) is 6.16. The molecule has 0 unspecified atom stereocenters.